The lowest BCUT2D eigenvalue weighted by molar-refractivity contribution is 0.219. The predicted octanol–water partition coefficient (Wildman–Crippen LogP) is 3.82. The highest BCUT2D eigenvalue weighted by Crippen LogP contribution is 2.29. The zero-order chi connectivity index (χ0) is 13.2. The highest BCUT2D eigenvalue weighted by molar-refractivity contribution is 7.22. The van der Waals surface area contributed by atoms with Gasteiger partial charge in [0, 0.05) is 6.04 Å². The maximum atomic E-state index is 5.78. The first-order chi connectivity index (χ1) is 9.24. The van der Waals surface area contributed by atoms with Crippen molar-refractivity contribution in [3.05, 3.63) is 23.8 Å². The average Bonchev–Trinajstić information content (AvgIpc) is 2.63. The van der Waals surface area contributed by atoms with Crippen LogP contribution in [0.4, 0.5) is 5.13 Å². The Bertz CT molecular complexity index is 556. The van der Waals surface area contributed by atoms with E-state index >= 15 is 0 Å². The summed E-state index contributed by atoms with van der Waals surface area (Å²) in [5.74, 6) is 0. The highest BCUT2D eigenvalue weighted by Gasteiger charge is 2.17. The Morgan fingerprint density at radius 3 is 2.68 bits per heavy atom. The third-order valence-corrected chi connectivity index (χ3v) is 4.95. The Hall–Kier alpha value is -1.13. The summed E-state index contributed by atoms with van der Waals surface area (Å²) >= 11 is 1.58. The molecule has 2 aromatic rings. The molecule has 4 heteroatoms. The van der Waals surface area contributed by atoms with Crippen molar-refractivity contribution in [1.82, 2.24) is 9.88 Å². The number of nitrogen functional groups attached to an aromatic ring is 1. The second-order valence-electron chi connectivity index (χ2n) is 5.41. The van der Waals surface area contributed by atoms with Crippen LogP contribution in [0.5, 0.6) is 0 Å². The number of hydrogen-bond acceptors (Lipinski definition) is 4. The molecule has 1 atom stereocenters. The molecule has 0 spiro atoms. The smallest absolute Gasteiger partial charge is 0.181 e. The van der Waals surface area contributed by atoms with E-state index in [9.17, 15) is 0 Å². The second kappa shape index (κ2) is 5.47. The Labute approximate surface area is 118 Å². The Balaban J connectivity index is 1.85. The minimum atomic E-state index is 0.492. The van der Waals surface area contributed by atoms with Crippen LogP contribution in [0.1, 0.15) is 44.2 Å². The summed E-state index contributed by atoms with van der Waals surface area (Å²) in [7, 11) is 0. The van der Waals surface area contributed by atoms with E-state index in [1.54, 1.807) is 11.3 Å². The van der Waals surface area contributed by atoms with Crippen LogP contribution in [0.25, 0.3) is 10.2 Å². The van der Waals surface area contributed by atoms with Gasteiger partial charge in [-0.05, 0) is 50.6 Å². The van der Waals surface area contributed by atoms with Crippen LogP contribution in [0.15, 0.2) is 18.2 Å². The zero-order valence-electron chi connectivity index (χ0n) is 11.4. The predicted molar refractivity (Wildman–Crippen MR) is 82.5 cm³/mol. The van der Waals surface area contributed by atoms with Gasteiger partial charge >= 0.3 is 0 Å². The summed E-state index contributed by atoms with van der Waals surface area (Å²) in [5, 5.41) is 0.662. The molecular formula is C15H21N3S. The van der Waals surface area contributed by atoms with Crippen LogP contribution in [0.3, 0.4) is 0 Å². The highest BCUT2D eigenvalue weighted by atomic mass is 32.1. The molecule has 102 valence electrons. The van der Waals surface area contributed by atoms with Gasteiger partial charge in [0.15, 0.2) is 5.13 Å². The molecule has 1 aromatic carbocycles. The van der Waals surface area contributed by atoms with Gasteiger partial charge in [-0.25, -0.2) is 4.98 Å². The topological polar surface area (TPSA) is 42.1 Å². The van der Waals surface area contributed by atoms with Crippen molar-refractivity contribution in [3.63, 3.8) is 0 Å². The minimum absolute atomic E-state index is 0.492. The van der Waals surface area contributed by atoms with Gasteiger partial charge in [0.25, 0.3) is 0 Å². The van der Waals surface area contributed by atoms with Gasteiger partial charge in [-0.15, -0.1) is 0 Å². The van der Waals surface area contributed by atoms with Crippen LogP contribution in [0.2, 0.25) is 0 Å². The van der Waals surface area contributed by atoms with Gasteiger partial charge < -0.3 is 5.73 Å². The molecule has 2 heterocycles. The summed E-state index contributed by atoms with van der Waals surface area (Å²) in [6.45, 7) is 4.77. The van der Waals surface area contributed by atoms with Crippen molar-refractivity contribution in [1.29, 1.82) is 0 Å². The number of benzene rings is 1. The van der Waals surface area contributed by atoms with Crippen molar-refractivity contribution >= 4 is 26.7 Å². The number of likely N-dealkylation sites (tertiary alicyclic amines) is 1. The SMILES string of the molecule is CC(c1ccc2nc(N)sc2c1)N1CCCCCC1. The first-order valence-corrected chi connectivity index (χ1v) is 7.96. The molecule has 3 rings (SSSR count). The molecule has 0 radical (unpaired) electrons. The molecule has 1 aliphatic rings. The summed E-state index contributed by atoms with van der Waals surface area (Å²) in [6, 6.07) is 7.06. The largest absolute Gasteiger partial charge is 0.375 e. The summed E-state index contributed by atoms with van der Waals surface area (Å²) in [5.41, 5.74) is 8.19. The van der Waals surface area contributed by atoms with Gasteiger partial charge in [0.1, 0.15) is 0 Å². The first kappa shape index (κ1) is 12.9. The van der Waals surface area contributed by atoms with E-state index in [1.807, 2.05) is 0 Å². The fourth-order valence-corrected chi connectivity index (χ4v) is 3.69. The molecule has 0 amide bonds. The number of rotatable bonds is 2. The van der Waals surface area contributed by atoms with Crippen molar-refractivity contribution < 1.29 is 0 Å². The number of nitrogens with two attached hydrogens (primary N) is 1. The minimum Gasteiger partial charge on any atom is -0.375 e. The monoisotopic (exact) mass is 275 g/mol. The molecule has 0 saturated carbocycles. The molecule has 19 heavy (non-hydrogen) atoms. The third-order valence-electron chi connectivity index (χ3n) is 4.10. The van der Waals surface area contributed by atoms with Gasteiger partial charge in [-0.3, -0.25) is 4.90 Å². The van der Waals surface area contributed by atoms with Crippen LogP contribution in [-0.4, -0.2) is 23.0 Å². The number of thiazole rings is 1. The van der Waals surface area contributed by atoms with E-state index in [2.05, 4.69) is 35.0 Å². The van der Waals surface area contributed by atoms with Crippen LogP contribution < -0.4 is 5.73 Å². The lowest BCUT2D eigenvalue weighted by Crippen LogP contribution is -2.27. The van der Waals surface area contributed by atoms with E-state index < -0.39 is 0 Å². The van der Waals surface area contributed by atoms with Crippen molar-refractivity contribution in [2.75, 3.05) is 18.8 Å². The second-order valence-corrected chi connectivity index (χ2v) is 6.47. The quantitative estimate of drug-likeness (QED) is 0.906. The van der Waals surface area contributed by atoms with Crippen molar-refractivity contribution in [3.8, 4) is 0 Å². The van der Waals surface area contributed by atoms with Crippen LogP contribution >= 0.6 is 11.3 Å². The van der Waals surface area contributed by atoms with Gasteiger partial charge in [-0.1, -0.05) is 30.2 Å². The maximum Gasteiger partial charge on any atom is 0.181 e. The molecular weight excluding hydrogens is 254 g/mol. The summed E-state index contributed by atoms with van der Waals surface area (Å²) < 4.78 is 1.21. The molecule has 0 aliphatic carbocycles. The number of anilines is 1. The molecule has 1 unspecified atom stereocenters. The number of nitrogens with zero attached hydrogens (tertiary/aromatic N) is 2. The van der Waals surface area contributed by atoms with E-state index in [1.165, 1.54) is 49.0 Å². The first-order valence-electron chi connectivity index (χ1n) is 7.14. The fourth-order valence-electron chi connectivity index (χ4n) is 2.91. The number of aromatic nitrogens is 1. The van der Waals surface area contributed by atoms with Gasteiger partial charge in [0.05, 0.1) is 10.2 Å². The lowest BCUT2D eigenvalue weighted by atomic mass is 10.1. The molecule has 1 aliphatic heterocycles. The van der Waals surface area contributed by atoms with Crippen LogP contribution in [0, 0.1) is 0 Å². The molecule has 2 N–H and O–H groups in total. The van der Waals surface area contributed by atoms with E-state index in [0.717, 1.165) is 5.52 Å². The van der Waals surface area contributed by atoms with E-state index in [-0.39, 0.29) is 0 Å². The fraction of sp³-hybridized carbons (Fsp3) is 0.533. The van der Waals surface area contributed by atoms with Crippen molar-refractivity contribution in [2.45, 2.75) is 38.6 Å². The maximum absolute atomic E-state index is 5.78. The number of fused-ring (bicyclic) bond motifs is 1. The lowest BCUT2D eigenvalue weighted by Gasteiger charge is -2.27. The Kier molecular flexibility index (Phi) is 3.71. The van der Waals surface area contributed by atoms with Gasteiger partial charge in [-0.2, -0.15) is 0 Å². The molecule has 0 bridgehead atoms. The summed E-state index contributed by atoms with van der Waals surface area (Å²) in [6.07, 6.45) is 5.43. The normalized spacial score (nSPS) is 19.4. The number of hydrogen-bond donors (Lipinski definition) is 1. The molecule has 3 nitrogen and oxygen atoms in total. The molecule has 1 saturated heterocycles. The zero-order valence-corrected chi connectivity index (χ0v) is 12.2. The molecule has 1 aromatic heterocycles. The Morgan fingerprint density at radius 2 is 1.95 bits per heavy atom. The van der Waals surface area contributed by atoms with E-state index in [0.29, 0.717) is 11.2 Å². The summed E-state index contributed by atoms with van der Waals surface area (Å²) in [4.78, 5) is 6.93. The van der Waals surface area contributed by atoms with Gasteiger partial charge in [0.2, 0.25) is 0 Å². The van der Waals surface area contributed by atoms with Crippen LogP contribution in [-0.2, 0) is 0 Å². The average molecular weight is 275 g/mol. The standard InChI is InChI=1S/C15H21N3S/c1-11(18-8-4-2-3-5-9-18)12-6-7-13-14(10-12)19-15(16)17-13/h6-7,10-11H,2-5,8-9H2,1H3,(H2,16,17). The van der Waals surface area contributed by atoms with Crippen molar-refractivity contribution in [2.24, 2.45) is 0 Å². The van der Waals surface area contributed by atoms with E-state index in [4.69, 9.17) is 5.73 Å². The Morgan fingerprint density at radius 1 is 1.21 bits per heavy atom. The molecule has 1 fully saturated rings. The third kappa shape index (κ3) is 2.74.